The van der Waals surface area contributed by atoms with Gasteiger partial charge in [0, 0.05) is 25.1 Å². The largest absolute Gasteiger partial charge is 0.444 e. The molecule has 32 heavy (non-hydrogen) atoms. The van der Waals surface area contributed by atoms with E-state index in [-0.39, 0.29) is 23.8 Å². The lowest BCUT2D eigenvalue weighted by atomic mass is 10.2. The van der Waals surface area contributed by atoms with E-state index in [9.17, 15) is 14.4 Å². The van der Waals surface area contributed by atoms with Crippen LogP contribution in [0.4, 0.5) is 10.5 Å². The summed E-state index contributed by atoms with van der Waals surface area (Å²) in [5.41, 5.74) is 1.74. The minimum atomic E-state index is -0.779. The van der Waals surface area contributed by atoms with Gasteiger partial charge in [-0.25, -0.2) is 9.78 Å². The number of aromatic nitrogens is 3. The zero-order chi connectivity index (χ0) is 22.3. The first-order chi connectivity index (χ1) is 15.6. The fourth-order valence-corrected chi connectivity index (χ4v) is 2.95. The van der Waals surface area contributed by atoms with Crippen LogP contribution in [0.25, 0.3) is 5.65 Å². The van der Waals surface area contributed by atoms with Crippen LogP contribution in [0.2, 0.25) is 0 Å². The number of fused-ring (bicyclic) bond motifs is 1. The Hall–Kier alpha value is -4.53. The van der Waals surface area contributed by atoms with Gasteiger partial charge in [0.1, 0.15) is 17.9 Å². The molecule has 0 aliphatic carbocycles. The van der Waals surface area contributed by atoms with Crippen molar-refractivity contribution in [3.63, 3.8) is 0 Å². The number of nitrogens with one attached hydrogen (secondary N) is 2. The minimum absolute atomic E-state index is 0.0603. The van der Waals surface area contributed by atoms with Crippen LogP contribution in [-0.2, 0) is 17.9 Å². The van der Waals surface area contributed by atoms with E-state index in [0.29, 0.717) is 12.2 Å². The van der Waals surface area contributed by atoms with E-state index >= 15 is 0 Å². The highest BCUT2D eigenvalue weighted by Gasteiger charge is 2.12. The lowest BCUT2D eigenvalue weighted by molar-refractivity contribution is 0.0950. The fourth-order valence-electron chi connectivity index (χ4n) is 2.95. The second kappa shape index (κ2) is 9.52. The Morgan fingerprint density at radius 1 is 0.969 bits per heavy atom. The first-order valence-electron chi connectivity index (χ1n) is 9.76. The fraction of sp³-hybridized carbons (Fsp3) is 0.0870. The van der Waals surface area contributed by atoms with Crippen molar-refractivity contribution >= 4 is 23.3 Å². The number of hydrogen-bond acceptors (Lipinski definition) is 6. The summed E-state index contributed by atoms with van der Waals surface area (Å²) >= 11 is 0. The van der Waals surface area contributed by atoms with Crippen molar-refractivity contribution in [2.24, 2.45) is 0 Å². The summed E-state index contributed by atoms with van der Waals surface area (Å²) in [5.74, 6) is -0.351. The number of ether oxygens (including phenoxy) is 1. The van der Waals surface area contributed by atoms with E-state index < -0.39 is 11.7 Å². The number of amides is 2. The molecule has 4 aromatic rings. The average molecular weight is 429 g/mol. The Bertz CT molecular complexity index is 1310. The lowest BCUT2D eigenvalue weighted by Crippen LogP contribution is -2.26. The molecule has 1 aromatic carbocycles. The number of carbonyl (C=O) groups excluding carboxylic acids is 2. The van der Waals surface area contributed by atoms with Gasteiger partial charge in [0.25, 0.3) is 11.5 Å². The van der Waals surface area contributed by atoms with E-state index in [0.717, 1.165) is 11.1 Å². The van der Waals surface area contributed by atoms with Crippen molar-refractivity contribution in [3.8, 4) is 0 Å². The molecule has 0 unspecified atom stereocenters. The number of pyridine rings is 2. The van der Waals surface area contributed by atoms with Crippen molar-refractivity contribution in [3.05, 3.63) is 106 Å². The van der Waals surface area contributed by atoms with E-state index in [2.05, 4.69) is 20.6 Å². The van der Waals surface area contributed by atoms with Crippen molar-refractivity contribution in [1.29, 1.82) is 0 Å². The predicted molar refractivity (Wildman–Crippen MR) is 117 cm³/mol. The van der Waals surface area contributed by atoms with Crippen molar-refractivity contribution in [2.45, 2.75) is 13.2 Å². The van der Waals surface area contributed by atoms with Gasteiger partial charge in [-0.05, 0) is 35.4 Å². The molecule has 0 bridgehead atoms. The first-order valence-corrected chi connectivity index (χ1v) is 9.76. The maximum absolute atomic E-state index is 12.8. The number of hydrogen-bond donors (Lipinski definition) is 2. The van der Waals surface area contributed by atoms with Crippen LogP contribution in [0.1, 0.15) is 21.5 Å². The average Bonchev–Trinajstić information content (AvgIpc) is 2.84. The molecule has 160 valence electrons. The monoisotopic (exact) mass is 429 g/mol. The third-order valence-corrected chi connectivity index (χ3v) is 4.62. The second-order valence-electron chi connectivity index (χ2n) is 6.85. The number of rotatable bonds is 6. The molecule has 0 fully saturated rings. The quantitative estimate of drug-likeness (QED) is 0.487. The second-order valence-corrected chi connectivity index (χ2v) is 6.85. The summed E-state index contributed by atoms with van der Waals surface area (Å²) in [4.78, 5) is 45.5. The third-order valence-electron chi connectivity index (χ3n) is 4.62. The minimum Gasteiger partial charge on any atom is -0.444 e. The summed E-state index contributed by atoms with van der Waals surface area (Å²) < 4.78 is 6.34. The van der Waals surface area contributed by atoms with E-state index in [1.807, 2.05) is 30.3 Å². The molecule has 9 heteroatoms. The zero-order valence-electron chi connectivity index (χ0n) is 16.9. The van der Waals surface area contributed by atoms with Crippen LogP contribution in [0.3, 0.4) is 0 Å². The molecule has 0 saturated carbocycles. The Labute approximate surface area is 182 Å². The van der Waals surface area contributed by atoms with Gasteiger partial charge in [-0.2, -0.15) is 0 Å². The highest BCUT2D eigenvalue weighted by Crippen LogP contribution is 2.07. The van der Waals surface area contributed by atoms with Crippen LogP contribution >= 0.6 is 0 Å². The standard InChI is InChI=1S/C23H19N5O4/c29-21(26-12-16-8-10-24-11-9-16)18-6-7-20-25-13-19(22(30)28(20)14-18)27-23(31)32-15-17-4-2-1-3-5-17/h1-11,13-14H,12,15H2,(H,26,29)(H,27,31). The van der Waals surface area contributed by atoms with E-state index in [4.69, 9.17) is 4.74 Å². The normalized spacial score (nSPS) is 10.5. The SMILES string of the molecule is O=C(Nc1cnc2ccc(C(=O)NCc3ccncc3)cn2c1=O)OCc1ccccc1. The van der Waals surface area contributed by atoms with E-state index in [1.165, 1.54) is 16.8 Å². The molecule has 2 N–H and O–H groups in total. The van der Waals surface area contributed by atoms with Crippen molar-refractivity contribution < 1.29 is 14.3 Å². The van der Waals surface area contributed by atoms with Crippen LogP contribution in [0, 0.1) is 0 Å². The van der Waals surface area contributed by atoms with Crippen LogP contribution in [0.15, 0.2) is 84.2 Å². The van der Waals surface area contributed by atoms with Gasteiger partial charge < -0.3 is 10.1 Å². The summed E-state index contributed by atoms with van der Waals surface area (Å²) in [7, 11) is 0. The molecular formula is C23H19N5O4. The molecule has 4 rings (SSSR count). The summed E-state index contributed by atoms with van der Waals surface area (Å²) in [6.07, 6.45) is 5.14. The van der Waals surface area contributed by atoms with Crippen LogP contribution < -0.4 is 16.2 Å². The van der Waals surface area contributed by atoms with Crippen LogP contribution in [0.5, 0.6) is 0 Å². The molecule has 3 aromatic heterocycles. The zero-order valence-corrected chi connectivity index (χ0v) is 16.9. The molecule has 0 aliphatic rings. The predicted octanol–water partition coefficient (Wildman–Crippen LogP) is 2.77. The summed E-state index contributed by atoms with van der Waals surface area (Å²) in [5, 5.41) is 5.19. The van der Waals surface area contributed by atoms with Crippen molar-refractivity contribution in [1.82, 2.24) is 19.7 Å². The van der Waals surface area contributed by atoms with E-state index in [1.54, 1.807) is 36.7 Å². The highest BCUT2D eigenvalue weighted by molar-refractivity contribution is 5.94. The van der Waals surface area contributed by atoms with Gasteiger partial charge in [-0.3, -0.25) is 24.3 Å². The number of anilines is 1. The molecule has 0 saturated heterocycles. The van der Waals surface area contributed by atoms with Gasteiger partial charge in [-0.1, -0.05) is 30.3 Å². The molecule has 0 aliphatic heterocycles. The lowest BCUT2D eigenvalue weighted by Gasteiger charge is -2.09. The van der Waals surface area contributed by atoms with Gasteiger partial charge in [0.2, 0.25) is 0 Å². The van der Waals surface area contributed by atoms with Gasteiger partial charge in [-0.15, -0.1) is 0 Å². The molecular weight excluding hydrogens is 410 g/mol. The summed E-state index contributed by atoms with van der Waals surface area (Å²) in [6.45, 7) is 0.387. The molecule has 0 atom stereocenters. The maximum atomic E-state index is 12.8. The van der Waals surface area contributed by atoms with Gasteiger partial charge >= 0.3 is 6.09 Å². The Balaban J connectivity index is 1.46. The molecule has 0 spiro atoms. The molecule has 2 amide bonds. The highest BCUT2D eigenvalue weighted by atomic mass is 16.5. The number of benzene rings is 1. The Morgan fingerprint density at radius 3 is 2.53 bits per heavy atom. The number of carbonyl (C=O) groups is 2. The smallest absolute Gasteiger partial charge is 0.412 e. The van der Waals surface area contributed by atoms with Crippen LogP contribution in [-0.4, -0.2) is 26.4 Å². The molecule has 0 radical (unpaired) electrons. The Morgan fingerprint density at radius 2 is 1.75 bits per heavy atom. The topological polar surface area (TPSA) is 115 Å². The van der Waals surface area contributed by atoms with Gasteiger partial charge in [0.15, 0.2) is 0 Å². The third kappa shape index (κ3) is 4.96. The van der Waals surface area contributed by atoms with Crippen molar-refractivity contribution in [2.75, 3.05) is 5.32 Å². The first kappa shape index (κ1) is 20.7. The Kier molecular flexibility index (Phi) is 6.17. The number of nitrogens with zero attached hydrogens (tertiary/aromatic N) is 3. The molecule has 3 heterocycles. The summed E-state index contributed by atoms with van der Waals surface area (Å²) in [6, 6.07) is 15.9. The maximum Gasteiger partial charge on any atom is 0.412 e. The molecule has 9 nitrogen and oxygen atoms in total. The van der Waals surface area contributed by atoms with Gasteiger partial charge in [0.05, 0.1) is 11.8 Å².